The van der Waals surface area contributed by atoms with Crippen LogP contribution < -0.4 is 9.80 Å². The largest absolute Gasteiger partial charge is 0.444 e. The smallest absolute Gasteiger partial charge is 0.410 e. The van der Waals surface area contributed by atoms with Gasteiger partial charge in [-0.15, -0.1) is 0 Å². The Morgan fingerprint density at radius 3 is 2.38 bits per heavy atom. The van der Waals surface area contributed by atoms with E-state index in [1.54, 1.807) is 4.90 Å². The van der Waals surface area contributed by atoms with Crippen molar-refractivity contribution >= 4 is 23.4 Å². The fraction of sp³-hybridized carbons (Fsp3) is 0.600. The molecule has 0 radical (unpaired) electrons. The molecule has 0 N–H and O–H groups in total. The van der Waals surface area contributed by atoms with Crippen molar-refractivity contribution in [2.24, 2.45) is 0 Å². The van der Waals surface area contributed by atoms with E-state index in [9.17, 15) is 9.59 Å². The first kappa shape index (κ1) is 18.5. The molecule has 0 aromatic heterocycles. The standard InChI is InChI=1S/C20H29N3O3/c1-15-7-8-16(21-9-5-6-10-21)13-17(15)23-12-11-22(14-18(23)24)19(25)26-20(2,3)4/h7-8,13H,5-6,9-12,14H2,1-4H3. The second-order valence-electron chi connectivity index (χ2n) is 8.11. The maximum Gasteiger partial charge on any atom is 0.410 e. The van der Waals surface area contributed by atoms with E-state index in [1.807, 2.05) is 27.7 Å². The zero-order valence-corrected chi connectivity index (χ0v) is 16.2. The van der Waals surface area contributed by atoms with Gasteiger partial charge in [0.25, 0.3) is 0 Å². The van der Waals surface area contributed by atoms with Gasteiger partial charge in [0.2, 0.25) is 5.91 Å². The van der Waals surface area contributed by atoms with Gasteiger partial charge in [0.05, 0.1) is 0 Å². The summed E-state index contributed by atoms with van der Waals surface area (Å²) in [5, 5.41) is 0. The van der Waals surface area contributed by atoms with Crippen molar-refractivity contribution in [1.82, 2.24) is 4.90 Å². The lowest BCUT2D eigenvalue weighted by Gasteiger charge is -2.36. The van der Waals surface area contributed by atoms with Crippen molar-refractivity contribution in [3.8, 4) is 0 Å². The fourth-order valence-corrected chi connectivity index (χ4v) is 3.47. The van der Waals surface area contributed by atoms with Gasteiger partial charge in [-0.25, -0.2) is 4.79 Å². The van der Waals surface area contributed by atoms with Crippen LogP contribution in [0, 0.1) is 6.92 Å². The molecule has 1 aromatic rings. The number of carbonyl (C=O) groups excluding carboxylic acids is 2. The molecule has 0 spiro atoms. The van der Waals surface area contributed by atoms with Gasteiger partial charge < -0.3 is 14.5 Å². The number of piperazine rings is 1. The first-order valence-corrected chi connectivity index (χ1v) is 9.38. The molecule has 26 heavy (non-hydrogen) atoms. The van der Waals surface area contributed by atoms with Gasteiger partial charge in [-0.05, 0) is 58.2 Å². The summed E-state index contributed by atoms with van der Waals surface area (Å²) in [5.74, 6) is -0.0659. The minimum atomic E-state index is -0.558. The van der Waals surface area contributed by atoms with E-state index in [-0.39, 0.29) is 12.5 Å². The number of hydrogen-bond acceptors (Lipinski definition) is 4. The summed E-state index contributed by atoms with van der Waals surface area (Å²) in [6, 6.07) is 6.32. The zero-order chi connectivity index (χ0) is 18.9. The summed E-state index contributed by atoms with van der Waals surface area (Å²) in [6.07, 6.45) is 2.01. The number of rotatable bonds is 2. The van der Waals surface area contributed by atoms with Gasteiger partial charge in [0.15, 0.2) is 0 Å². The van der Waals surface area contributed by atoms with Gasteiger partial charge in [0, 0.05) is 37.6 Å². The maximum atomic E-state index is 12.7. The Morgan fingerprint density at radius 1 is 1.08 bits per heavy atom. The Morgan fingerprint density at radius 2 is 1.77 bits per heavy atom. The highest BCUT2D eigenvalue weighted by molar-refractivity contribution is 5.98. The van der Waals surface area contributed by atoms with Crippen molar-refractivity contribution in [2.75, 3.05) is 42.5 Å². The summed E-state index contributed by atoms with van der Waals surface area (Å²) >= 11 is 0. The molecule has 2 fully saturated rings. The van der Waals surface area contributed by atoms with Crippen LogP contribution in [0.1, 0.15) is 39.2 Å². The van der Waals surface area contributed by atoms with E-state index in [4.69, 9.17) is 4.74 Å². The zero-order valence-electron chi connectivity index (χ0n) is 16.2. The normalized spacial score (nSPS) is 18.5. The molecule has 2 aliphatic heterocycles. The molecule has 142 valence electrons. The first-order valence-electron chi connectivity index (χ1n) is 9.38. The number of hydrogen-bond donors (Lipinski definition) is 0. The van der Waals surface area contributed by atoms with Crippen LogP contribution in [-0.4, -0.2) is 55.2 Å². The lowest BCUT2D eigenvalue weighted by molar-refractivity contribution is -0.121. The molecule has 0 aliphatic carbocycles. The Kier molecular flexibility index (Phi) is 5.12. The van der Waals surface area contributed by atoms with Crippen LogP contribution in [-0.2, 0) is 9.53 Å². The number of anilines is 2. The molecule has 2 amide bonds. The summed E-state index contributed by atoms with van der Waals surface area (Å²) in [6.45, 7) is 10.7. The number of benzene rings is 1. The third-order valence-corrected chi connectivity index (χ3v) is 4.83. The van der Waals surface area contributed by atoms with Gasteiger partial charge >= 0.3 is 6.09 Å². The van der Waals surface area contributed by atoms with Crippen LogP contribution in [0.25, 0.3) is 0 Å². The second kappa shape index (κ2) is 7.17. The van der Waals surface area contributed by atoms with Crippen molar-refractivity contribution in [3.63, 3.8) is 0 Å². The highest BCUT2D eigenvalue weighted by atomic mass is 16.6. The molecule has 2 saturated heterocycles. The number of aryl methyl sites for hydroxylation is 1. The Bertz CT molecular complexity index is 690. The second-order valence-corrected chi connectivity index (χ2v) is 8.11. The predicted octanol–water partition coefficient (Wildman–Crippen LogP) is 3.18. The first-order chi connectivity index (χ1) is 12.2. The van der Waals surface area contributed by atoms with Crippen molar-refractivity contribution in [3.05, 3.63) is 23.8 Å². The molecule has 0 bridgehead atoms. The minimum absolute atomic E-state index is 0.0578. The molecule has 6 nitrogen and oxygen atoms in total. The number of carbonyl (C=O) groups is 2. The van der Waals surface area contributed by atoms with Crippen LogP contribution in [0.4, 0.5) is 16.2 Å². The predicted molar refractivity (Wildman–Crippen MR) is 103 cm³/mol. The molecule has 0 saturated carbocycles. The molecule has 2 aliphatic rings. The average molecular weight is 359 g/mol. The van der Waals surface area contributed by atoms with E-state index in [2.05, 4.69) is 23.1 Å². The van der Waals surface area contributed by atoms with E-state index in [0.29, 0.717) is 13.1 Å². The summed E-state index contributed by atoms with van der Waals surface area (Å²) in [5.41, 5.74) is 2.64. The van der Waals surface area contributed by atoms with E-state index < -0.39 is 11.7 Å². The highest BCUT2D eigenvalue weighted by Gasteiger charge is 2.31. The quantitative estimate of drug-likeness (QED) is 0.814. The van der Waals surface area contributed by atoms with Crippen LogP contribution in [0.3, 0.4) is 0 Å². The Balaban J connectivity index is 1.72. The van der Waals surface area contributed by atoms with E-state index >= 15 is 0 Å². The van der Waals surface area contributed by atoms with Gasteiger partial charge in [-0.3, -0.25) is 9.69 Å². The molecule has 0 unspecified atom stereocenters. The number of nitrogens with zero attached hydrogens (tertiary/aromatic N) is 3. The molecule has 3 rings (SSSR count). The molecule has 0 atom stereocenters. The van der Waals surface area contributed by atoms with Crippen LogP contribution in [0.5, 0.6) is 0 Å². The van der Waals surface area contributed by atoms with Crippen molar-refractivity contribution < 1.29 is 14.3 Å². The molecular weight excluding hydrogens is 330 g/mol. The van der Waals surface area contributed by atoms with Gasteiger partial charge in [-0.1, -0.05) is 6.07 Å². The summed E-state index contributed by atoms with van der Waals surface area (Å²) < 4.78 is 5.39. The van der Waals surface area contributed by atoms with Gasteiger partial charge in [0.1, 0.15) is 12.1 Å². The topological polar surface area (TPSA) is 53.1 Å². The van der Waals surface area contributed by atoms with Crippen LogP contribution in [0.15, 0.2) is 18.2 Å². The van der Waals surface area contributed by atoms with Crippen molar-refractivity contribution in [2.45, 2.75) is 46.1 Å². The summed E-state index contributed by atoms with van der Waals surface area (Å²) in [4.78, 5) is 30.6. The minimum Gasteiger partial charge on any atom is -0.444 e. The number of amides is 2. The summed E-state index contributed by atoms with van der Waals surface area (Å²) in [7, 11) is 0. The molecule has 1 aromatic carbocycles. The van der Waals surface area contributed by atoms with Gasteiger partial charge in [-0.2, -0.15) is 0 Å². The highest BCUT2D eigenvalue weighted by Crippen LogP contribution is 2.29. The van der Waals surface area contributed by atoms with E-state index in [0.717, 1.165) is 24.3 Å². The Labute approximate surface area is 155 Å². The SMILES string of the molecule is Cc1ccc(N2CCCC2)cc1N1CCN(C(=O)OC(C)(C)C)CC1=O. The van der Waals surface area contributed by atoms with E-state index in [1.165, 1.54) is 23.4 Å². The van der Waals surface area contributed by atoms with Crippen LogP contribution in [0.2, 0.25) is 0 Å². The lowest BCUT2D eigenvalue weighted by Crippen LogP contribution is -2.53. The third-order valence-electron chi connectivity index (χ3n) is 4.83. The maximum absolute atomic E-state index is 12.7. The molecular formula is C20H29N3O3. The van der Waals surface area contributed by atoms with Crippen LogP contribution >= 0.6 is 0 Å². The average Bonchev–Trinajstić information content (AvgIpc) is 3.08. The lowest BCUT2D eigenvalue weighted by atomic mass is 10.1. The Hall–Kier alpha value is -2.24. The monoisotopic (exact) mass is 359 g/mol. The molecule has 2 heterocycles. The molecule has 6 heteroatoms. The van der Waals surface area contributed by atoms with Crippen molar-refractivity contribution in [1.29, 1.82) is 0 Å². The third kappa shape index (κ3) is 4.11. The fourth-order valence-electron chi connectivity index (χ4n) is 3.47. The number of ether oxygens (including phenoxy) is 1.